The second kappa shape index (κ2) is 19.0. The lowest BCUT2D eigenvalue weighted by molar-refractivity contribution is -0.143. The van der Waals surface area contributed by atoms with Gasteiger partial charge in [-0.1, -0.05) is 25.6 Å². The largest absolute Gasteiger partial charge is 0.481 e. The quantitative estimate of drug-likeness (QED) is 0.0408. The number of aromatic nitrogens is 3. The second-order valence-corrected chi connectivity index (χ2v) is 17.8. The molecule has 1 fully saturated rings. The van der Waals surface area contributed by atoms with Crippen molar-refractivity contribution in [2.24, 2.45) is 11.3 Å². The van der Waals surface area contributed by atoms with Crippen LogP contribution in [-0.4, -0.2) is 129 Å². The molecule has 1 aliphatic heterocycles. The van der Waals surface area contributed by atoms with Gasteiger partial charge in [0.05, 0.1) is 18.6 Å². The first kappa shape index (κ1) is 46.5. The number of aliphatic carboxylic acids is 1. The average molecular weight is 867 g/mol. The molecule has 3 unspecified atom stereocenters. The Kier molecular flexibility index (Phi) is 16.1. The standard InChI is InChI=1S/C26H41N6O19P3S/c1-13(24(37)38)25(39)55-9-7-28-16(33)4-6-29-22(36)19(35)26(2,3)11-48-54(45,46)51-53(43,44)47-10-15-18(50-52(40,41)42)17(34)23(49-15)32-8-5-14-20(27)30-12-31-21(14)32/h5,8,12-13,15,17-19,23,34-35H,4,6-7,9-11H2,1-3H3,(H,28,33)(H,29,36)(H,37,38)(H,43,44)(H,45,46)(H2,27,30,31)(H2,40,41,42)/t13?,15-,17-,18-,19+,23-/m1/s1. The fraction of sp³-hybridized carbons (Fsp3) is 0.615. The summed E-state index contributed by atoms with van der Waals surface area (Å²) in [5.74, 6) is -3.89. The number of carboxylic acid groups (broad SMARTS) is 1. The maximum atomic E-state index is 12.7. The third-order valence-electron chi connectivity index (χ3n) is 7.62. The van der Waals surface area contributed by atoms with E-state index in [0.29, 0.717) is 5.39 Å². The van der Waals surface area contributed by atoms with Crippen molar-refractivity contribution in [3.05, 3.63) is 18.6 Å². The molecule has 0 saturated carbocycles. The van der Waals surface area contributed by atoms with Crippen molar-refractivity contribution in [1.82, 2.24) is 25.2 Å². The number of nitrogens with two attached hydrogens (primary N) is 1. The fourth-order valence-electron chi connectivity index (χ4n) is 4.65. The van der Waals surface area contributed by atoms with E-state index in [0.717, 1.165) is 18.1 Å². The van der Waals surface area contributed by atoms with Gasteiger partial charge in [0, 0.05) is 36.9 Å². The number of amides is 2. The van der Waals surface area contributed by atoms with Crippen LogP contribution in [0.15, 0.2) is 18.6 Å². The molecule has 2 aromatic rings. The molecule has 0 aromatic carbocycles. The molecule has 11 N–H and O–H groups in total. The third-order valence-corrected chi connectivity index (χ3v) is 11.8. The number of phosphoric acid groups is 3. The van der Waals surface area contributed by atoms with Gasteiger partial charge in [0.2, 0.25) is 16.9 Å². The van der Waals surface area contributed by atoms with Crippen molar-refractivity contribution >= 4 is 75.0 Å². The number of carbonyl (C=O) groups is 4. The predicted octanol–water partition coefficient (Wildman–Crippen LogP) is -1.01. The maximum Gasteiger partial charge on any atom is 0.481 e. The maximum absolute atomic E-state index is 12.7. The summed E-state index contributed by atoms with van der Waals surface area (Å²) in [5.41, 5.74) is 4.29. The van der Waals surface area contributed by atoms with Crippen LogP contribution >= 0.6 is 35.2 Å². The Morgan fingerprint density at radius 3 is 2.36 bits per heavy atom. The summed E-state index contributed by atoms with van der Waals surface area (Å²) in [6.07, 6.45) is -6.67. The van der Waals surface area contributed by atoms with Gasteiger partial charge in [-0.05, 0) is 13.0 Å². The predicted molar refractivity (Wildman–Crippen MR) is 186 cm³/mol. The topological polar surface area (TPSA) is 388 Å². The lowest BCUT2D eigenvalue weighted by Gasteiger charge is -2.30. The molecule has 3 rings (SSSR count). The van der Waals surface area contributed by atoms with Crippen LogP contribution in [-0.2, 0) is 55.5 Å². The third kappa shape index (κ3) is 13.6. The molecule has 55 heavy (non-hydrogen) atoms. The van der Waals surface area contributed by atoms with Gasteiger partial charge >= 0.3 is 29.4 Å². The van der Waals surface area contributed by atoms with Gasteiger partial charge in [0.15, 0.2) is 6.23 Å². The molecule has 29 heteroatoms. The van der Waals surface area contributed by atoms with Crippen molar-refractivity contribution in [3.63, 3.8) is 0 Å². The van der Waals surface area contributed by atoms with Gasteiger partial charge in [-0.3, -0.25) is 32.7 Å². The van der Waals surface area contributed by atoms with E-state index in [1.165, 1.54) is 37.6 Å². The summed E-state index contributed by atoms with van der Waals surface area (Å²) in [4.78, 5) is 94.0. The van der Waals surface area contributed by atoms with E-state index < -0.39 is 102 Å². The highest BCUT2D eigenvalue weighted by Crippen LogP contribution is 2.61. The monoisotopic (exact) mass is 866 g/mol. The molecule has 0 radical (unpaired) electrons. The van der Waals surface area contributed by atoms with Crippen LogP contribution in [0.1, 0.15) is 33.4 Å². The van der Waals surface area contributed by atoms with Crippen molar-refractivity contribution in [3.8, 4) is 0 Å². The first-order valence-electron chi connectivity index (χ1n) is 15.8. The normalized spacial score (nSPS) is 22.3. The minimum absolute atomic E-state index is 0.0273. The van der Waals surface area contributed by atoms with Crippen LogP contribution in [0.4, 0.5) is 5.82 Å². The molecule has 310 valence electrons. The zero-order valence-corrected chi connectivity index (χ0v) is 32.6. The Morgan fingerprint density at radius 1 is 1.07 bits per heavy atom. The first-order chi connectivity index (χ1) is 25.3. The van der Waals surface area contributed by atoms with Gasteiger partial charge in [-0.15, -0.1) is 0 Å². The average Bonchev–Trinajstić information content (AvgIpc) is 3.64. The van der Waals surface area contributed by atoms with Crippen LogP contribution < -0.4 is 16.4 Å². The van der Waals surface area contributed by atoms with Crippen LogP contribution in [0.2, 0.25) is 0 Å². The zero-order chi connectivity index (χ0) is 41.5. The summed E-state index contributed by atoms with van der Waals surface area (Å²) < 4.78 is 62.1. The molecule has 1 saturated heterocycles. The lowest BCUT2D eigenvalue weighted by Crippen LogP contribution is -2.46. The Labute approximate surface area is 315 Å². The van der Waals surface area contributed by atoms with E-state index in [1.54, 1.807) is 0 Å². The molecule has 8 atom stereocenters. The van der Waals surface area contributed by atoms with Crippen LogP contribution in [0, 0.1) is 11.3 Å². The Hall–Kier alpha value is -2.90. The van der Waals surface area contributed by atoms with Crippen LogP contribution in [0.25, 0.3) is 11.0 Å². The number of thioether (sulfide) groups is 1. The molecular weight excluding hydrogens is 825 g/mol. The SMILES string of the molecule is CC(C(=O)O)C(=O)SCCNC(=O)CCNC(=O)[C@H](O)C(C)(C)COP(=O)(O)OP(=O)(O)OC[C@H]1O[C@@H](n2ccc3c(N)ncnc32)[C@H](O)[C@@H]1OP(=O)(O)O. The summed E-state index contributed by atoms with van der Waals surface area (Å²) in [7, 11) is -16.4. The molecule has 3 heterocycles. The number of nitrogens with one attached hydrogen (secondary N) is 2. The number of rotatable bonds is 21. The molecule has 0 spiro atoms. The van der Waals surface area contributed by atoms with Gasteiger partial charge in [-0.2, -0.15) is 4.31 Å². The van der Waals surface area contributed by atoms with Gasteiger partial charge in [0.25, 0.3) is 0 Å². The van der Waals surface area contributed by atoms with Gasteiger partial charge in [-0.25, -0.2) is 23.7 Å². The highest BCUT2D eigenvalue weighted by atomic mass is 32.2. The van der Waals surface area contributed by atoms with Crippen LogP contribution in [0.5, 0.6) is 0 Å². The van der Waals surface area contributed by atoms with Crippen molar-refractivity contribution in [2.45, 2.75) is 57.8 Å². The van der Waals surface area contributed by atoms with Crippen molar-refractivity contribution in [1.29, 1.82) is 0 Å². The van der Waals surface area contributed by atoms with Crippen molar-refractivity contribution < 1.29 is 90.4 Å². The van der Waals surface area contributed by atoms with E-state index in [-0.39, 0.29) is 36.7 Å². The number of hydrogen-bond acceptors (Lipinski definition) is 18. The number of phosphoric ester groups is 3. The molecule has 1 aliphatic rings. The number of fused-ring (bicyclic) bond motifs is 1. The number of hydrogen-bond donors (Lipinski definition) is 10. The Bertz CT molecular complexity index is 1860. The van der Waals surface area contributed by atoms with Gasteiger partial charge in [0.1, 0.15) is 48.1 Å². The molecular formula is C26H41N6O19P3S. The van der Waals surface area contributed by atoms with E-state index >= 15 is 0 Å². The van der Waals surface area contributed by atoms with E-state index in [4.69, 9.17) is 24.6 Å². The number of nitrogens with zero attached hydrogens (tertiary/aromatic N) is 3. The minimum atomic E-state index is -5.58. The van der Waals surface area contributed by atoms with E-state index in [2.05, 4.69) is 29.4 Å². The molecule has 0 bridgehead atoms. The Balaban J connectivity index is 1.50. The number of aliphatic hydroxyl groups is 2. The summed E-state index contributed by atoms with van der Waals surface area (Å²) in [6.45, 7) is 1.39. The number of nitrogen functional groups attached to an aromatic ring is 1. The van der Waals surface area contributed by atoms with E-state index in [9.17, 15) is 62.7 Å². The summed E-state index contributed by atoms with van der Waals surface area (Å²) >= 11 is 0.728. The number of carbonyl (C=O) groups excluding carboxylic acids is 3. The Morgan fingerprint density at radius 2 is 1.73 bits per heavy atom. The number of ether oxygens (including phenoxy) is 1. The lowest BCUT2D eigenvalue weighted by atomic mass is 9.87. The van der Waals surface area contributed by atoms with Crippen molar-refractivity contribution in [2.75, 3.05) is 37.8 Å². The smallest absolute Gasteiger partial charge is 0.481 e. The molecule has 2 amide bonds. The summed E-state index contributed by atoms with van der Waals surface area (Å²) in [6, 6.07) is 1.46. The summed E-state index contributed by atoms with van der Waals surface area (Å²) in [5, 5.41) is 34.7. The number of anilines is 1. The molecule has 25 nitrogen and oxygen atoms in total. The zero-order valence-electron chi connectivity index (χ0n) is 29.1. The first-order valence-corrected chi connectivity index (χ1v) is 21.3. The fourth-order valence-corrected chi connectivity index (χ4v) is 8.23. The number of carboxylic acids is 1. The highest BCUT2D eigenvalue weighted by molar-refractivity contribution is 8.13. The molecule has 2 aromatic heterocycles. The molecule has 0 aliphatic carbocycles. The van der Waals surface area contributed by atoms with Crippen LogP contribution in [0.3, 0.4) is 0 Å². The van der Waals surface area contributed by atoms with E-state index in [1.807, 2.05) is 0 Å². The minimum Gasteiger partial charge on any atom is -0.481 e. The highest BCUT2D eigenvalue weighted by Gasteiger charge is 2.50. The second-order valence-electron chi connectivity index (χ2n) is 12.4. The number of aliphatic hydroxyl groups excluding tert-OH is 2. The van der Waals surface area contributed by atoms with Gasteiger partial charge < -0.3 is 60.6 Å².